The zero-order valence-corrected chi connectivity index (χ0v) is 19.4. The van der Waals surface area contributed by atoms with Gasteiger partial charge in [-0.05, 0) is 40.5 Å². The van der Waals surface area contributed by atoms with E-state index in [9.17, 15) is 4.79 Å². The zero-order valence-electron chi connectivity index (χ0n) is 19.4. The SMILES string of the molecule is COc1cc(C(=O)NCc2ccccc2-c2ccc(Cn3cccn3)cc2)cc(OC)c1OC. The van der Waals surface area contributed by atoms with Crippen molar-refractivity contribution in [1.82, 2.24) is 15.1 Å². The Bertz CT molecular complexity index is 1230. The summed E-state index contributed by atoms with van der Waals surface area (Å²) in [5.74, 6) is 1.08. The molecule has 0 aliphatic rings. The Morgan fingerprint density at radius 1 is 0.912 bits per heavy atom. The highest BCUT2D eigenvalue weighted by molar-refractivity contribution is 5.95. The summed E-state index contributed by atoms with van der Waals surface area (Å²) in [7, 11) is 4.58. The minimum atomic E-state index is -0.233. The second kappa shape index (κ2) is 10.6. The van der Waals surface area contributed by atoms with Crippen molar-refractivity contribution >= 4 is 5.91 Å². The Labute approximate surface area is 198 Å². The summed E-state index contributed by atoms with van der Waals surface area (Å²) in [6.07, 6.45) is 3.72. The lowest BCUT2D eigenvalue weighted by atomic mass is 9.98. The number of rotatable bonds is 9. The summed E-state index contributed by atoms with van der Waals surface area (Å²) >= 11 is 0. The summed E-state index contributed by atoms with van der Waals surface area (Å²) in [6, 6.07) is 21.6. The van der Waals surface area contributed by atoms with Crippen LogP contribution in [0, 0.1) is 0 Å². The van der Waals surface area contributed by atoms with Crippen LogP contribution in [0.15, 0.2) is 79.1 Å². The van der Waals surface area contributed by atoms with Gasteiger partial charge in [0.1, 0.15) is 0 Å². The van der Waals surface area contributed by atoms with Crippen molar-refractivity contribution in [3.8, 4) is 28.4 Å². The van der Waals surface area contributed by atoms with Gasteiger partial charge in [-0.1, -0.05) is 48.5 Å². The molecular weight excluding hydrogens is 430 g/mol. The molecule has 7 heteroatoms. The number of carbonyl (C=O) groups is 1. The first kappa shape index (κ1) is 22.9. The standard InChI is InChI=1S/C27H27N3O4/c1-32-24-15-22(16-25(33-2)26(24)34-3)27(31)28-17-21-7-4-5-8-23(21)20-11-9-19(10-12-20)18-30-14-6-13-29-30/h4-16H,17-18H2,1-3H3,(H,28,31). The third-order valence-corrected chi connectivity index (χ3v) is 5.55. The molecule has 0 unspecified atom stereocenters. The van der Waals surface area contributed by atoms with Gasteiger partial charge in [0.2, 0.25) is 5.75 Å². The van der Waals surface area contributed by atoms with E-state index in [0.717, 1.165) is 23.2 Å². The molecule has 34 heavy (non-hydrogen) atoms. The van der Waals surface area contributed by atoms with Gasteiger partial charge in [-0.3, -0.25) is 9.48 Å². The van der Waals surface area contributed by atoms with Crippen LogP contribution >= 0.6 is 0 Å². The number of ether oxygens (including phenoxy) is 3. The summed E-state index contributed by atoms with van der Waals surface area (Å²) in [5.41, 5.74) is 4.76. The number of nitrogens with zero attached hydrogens (tertiary/aromatic N) is 2. The fourth-order valence-electron chi connectivity index (χ4n) is 3.82. The molecule has 0 spiro atoms. The molecule has 0 aliphatic carbocycles. The monoisotopic (exact) mass is 457 g/mol. The number of amides is 1. The predicted molar refractivity (Wildman–Crippen MR) is 130 cm³/mol. The maximum absolute atomic E-state index is 12.9. The third kappa shape index (κ3) is 5.04. The first-order valence-corrected chi connectivity index (χ1v) is 10.9. The molecule has 1 amide bonds. The molecule has 7 nitrogen and oxygen atoms in total. The van der Waals surface area contributed by atoms with E-state index in [-0.39, 0.29) is 5.91 Å². The van der Waals surface area contributed by atoms with Crippen LogP contribution in [0.2, 0.25) is 0 Å². The van der Waals surface area contributed by atoms with Crippen LogP contribution < -0.4 is 19.5 Å². The molecule has 3 aromatic carbocycles. The van der Waals surface area contributed by atoms with Crippen molar-refractivity contribution in [2.24, 2.45) is 0 Å². The van der Waals surface area contributed by atoms with Crippen LogP contribution in [0.1, 0.15) is 21.5 Å². The smallest absolute Gasteiger partial charge is 0.251 e. The Morgan fingerprint density at radius 2 is 1.62 bits per heavy atom. The Kier molecular flexibility index (Phi) is 7.13. The quantitative estimate of drug-likeness (QED) is 0.399. The molecule has 0 saturated heterocycles. The molecule has 1 N–H and O–H groups in total. The summed E-state index contributed by atoms with van der Waals surface area (Å²) in [5, 5.41) is 7.26. The maximum Gasteiger partial charge on any atom is 0.251 e. The number of hydrogen-bond donors (Lipinski definition) is 1. The Hall–Kier alpha value is -4.26. The van der Waals surface area contributed by atoms with Crippen molar-refractivity contribution < 1.29 is 19.0 Å². The second-order valence-electron chi connectivity index (χ2n) is 7.65. The van der Waals surface area contributed by atoms with Gasteiger partial charge in [-0.2, -0.15) is 5.10 Å². The fraction of sp³-hybridized carbons (Fsp3) is 0.185. The van der Waals surface area contributed by atoms with Crippen molar-refractivity contribution in [3.63, 3.8) is 0 Å². The number of hydrogen-bond acceptors (Lipinski definition) is 5. The highest BCUT2D eigenvalue weighted by atomic mass is 16.5. The summed E-state index contributed by atoms with van der Waals surface area (Å²) in [4.78, 5) is 12.9. The molecule has 0 radical (unpaired) electrons. The summed E-state index contributed by atoms with van der Waals surface area (Å²) in [6.45, 7) is 1.10. The van der Waals surface area contributed by atoms with E-state index in [1.54, 1.807) is 18.3 Å². The lowest BCUT2D eigenvalue weighted by Gasteiger charge is -2.15. The van der Waals surface area contributed by atoms with E-state index >= 15 is 0 Å². The van der Waals surface area contributed by atoms with Gasteiger partial charge in [-0.25, -0.2) is 0 Å². The van der Waals surface area contributed by atoms with E-state index < -0.39 is 0 Å². The first-order chi connectivity index (χ1) is 16.6. The van der Waals surface area contributed by atoms with Crippen LogP contribution in [0.25, 0.3) is 11.1 Å². The highest BCUT2D eigenvalue weighted by Crippen LogP contribution is 2.38. The fourth-order valence-corrected chi connectivity index (χ4v) is 3.82. The average Bonchev–Trinajstić information content (AvgIpc) is 3.40. The normalized spacial score (nSPS) is 10.6. The largest absolute Gasteiger partial charge is 0.493 e. The number of nitrogens with one attached hydrogen (secondary N) is 1. The van der Waals surface area contributed by atoms with Crippen molar-refractivity contribution in [3.05, 3.63) is 95.8 Å². The van der Waals surface area contributed by atoms with E-state index in [1.807, 2.05) is 35.1 Å². The lowest BCUT2D eigenvalue weighted by molar-refractivity contribution is 0.0950. The number of aromatic nitrogens is 2. The van der Waals surface area contributed by atoms with E-state index in [1.165, 1.54) is 26.9 Å². The van der Waals surface area contributed by atoms with Gasteiger partial charge in [0, 0.05) is 24.5 Å². The first-order valence-electron chi connectivity index (χ1n) is 10.9. The third-order valence-electron chi connectivity index (χ3n) is 5.55. The van der Waals surface area contributed by atoms with Crippen molar-refractivity contribution in [2.45, 2.75) is 13.1 Å². The Morgan fingerprint density at radius 3 is 2.24 bits per heavy atom. The molecule has 174 valence electrons. The van der Waals surface area contributed by atoms with Crippen molar-refractivity contribution in [2.75, 3.05) is 21.3 Å². The molecule has 4 aromatic rings. The minimum Gasteiger partial charge on any atom is -0.493 e. The molecule has 0 aliphatic heterocycles. The molecule has 0 atom stereocenters. The van der Waals surface area contributed by atoms with Crippen molar-refractivity contribution in [1.29, 1.82) is 0 Å². The topological polar surface area (TPSA) is 74.6 Å². The van der Waals surface area contributed by atoms with Gasteiger partial charge < -0.3 is 19.5 Å². The predicted octanol–water partition coefficient (Wildman–Crippen LogP) is 4.55. The number of methoxy groups -OCH3 is 3. The average molecular weight is 458 g/mol. The van der Waals surface area contributed by atoms with E-state index in [2.05, 4.69) is 40.7 Å². The molecule has 4 rings (SSSR count). The van der Waals surface area contributed by atoms with Gasteiger partial charge in [0.05, 0.1) is 27.9 Å². The molecule has 0 bridgehead atoms. The van der Waals surface area contributed by atoms with Gasteiger partial charge >= 0.3 is 0 Å². The van der Waals surface area contributed by atoms with Gasteiger partial charge in [0.15, 0.2) is 11.5 Å². The van der Waals surface area contributed by atoms with Crippen LogP contribution in [0.4, 0.5) is 0 Å². The van der Waals surface area contributed by atoms with Crippen LogP contribution in [0.3, 0.4) is 0 Å². The van der Waals surface area contributed by atoms with E-state index in [4.69, 9.17) is 14.2 Å². The van der Waals surface area contributed by atoms with E-state index in [0.29, 0.717) is 29.4 Å². The number of benzene rings is 3. The summed E-state index contributed by atoms with van der Waals surface area (Å²) < 4.78 is 18.0. The molecular formula is C27H27N3O4. The van der Waals surface area contributed by atoms with Gasteiger partial charge in [-0.15, -0.1) is 0 Å². The molecule has 0 saturated carbocycles. The Balaban J connectivity index is 1.50. The number of carbonyl (C=O) groups excluding carboxylic acids is 1. The van der Waals surface area contributed by atoms with Gasteiger partial charge in [0.25, 0.3) is 5.91 Å². The van der Waals surface area contributed by atoms with Crippen LogP contribution in [0.5, 0.6) is 17.2 Å². The molecule has 0 fully saturated rings. The zero-order chi connectivity index (χ0) is 23.9. The molecule has 1 aromatic heterocycles. The maximum atomic E-state index is 12.9. The van der Waals surface area contributed by atoms with Crippen LogP contribution in [-0.4, -0.2) is 37.0 Å². The lowest BCUT2D eigenvalue weighted by Crippen LogP contribution is -2.23. The van der Waals surface area contributed by atoms with Crippen LogP contribution in [-0.2, 0) is 13.1 Å². The molecule has 1 heterocycles. The highest BCUT2D eigenvalue weighted by Gasteiger charge is 2.17. The second-order valence-corrected chi connectivity index (χ2v) is 7.65. The minimum absolute atomic E-state index is 0.233.